The molecule has 1 aromatic heterocycles. The summed E-state index contributed by atoms with van der Waals surface area (Å²) in [5.41, 5.74) is 3.07. The van der Waals surface area contributed by atoms with Gasteiger partial charge in [-0.2, -0.15) is 0 Å². The molecule has 0 saturated carbocycles. The topological polar surface area (TPSA) is 90.1 Å². The molecule has 4 rings (SSSR count). The van der Waals surface area contributed by atoms with E-state index in [9.17, 15) is 14.6 Å². The number of anilines is 1. The molecular formula is C26H28ClFN4O2. The minimum atomic E-state index is -1.09. The zero-order valence-electron chi connectivity index (χ0n) is 19.6. The number of benzene rings is 2. The first kappa shape index (κ1) is 24.3. The summed E-state index contributed by atoms with van der Waals surface area (Å²) < 4.78 is 14.6. The average molecular weight is 483 g/mol. The van der Waals surface area contributed by atoms with E-state index in [1.54, 1.807) is 32.2 Å². The lowest BCUT2D eigenvalue weighted by molar-refractivity contribution is 0.152. The fourth-order valence-corrected chi connectivity index (χ4v) is 4.24. The van der Waals surface area contributed by atoms with Crippen LogP contribution in [0.5, 0.6) is 0 Å². The number of aliphatic imine (C=N–C) groups is 2. The number of aliphatic hydroxyl groups excluding tert-OH is 1. The Morgan fingerprint density at radius 2 is 2.00 bits per heavy atom. The molecule has 0 fully saturated rings. The smallest absolute Gasteiger partial charge is 0.154 e. The maximum atomic E-state index is 14.6. The highest BCUT2D eigenvalue weighted by Gasteiger charge is 2.25. The van der Waals surface area contributed by atoms with Gasteiger partial charge in [-0.1, -0.05) is 23.7 Å². The number of nitrogens with zero attached hydrogens (tertiary/aromatic N) is 3. The fourth-order valence-electron chi connectivity index (χ4n) is 4.05. The number of aryl methyl sites for hydroxylation is 1. The maximum absolute atomic E-state index is 14.6. The number of hydrogen-bond acceptors (Lipinski definition) is 6. The van der Waals surface area contributed by atoms with E-state index >= 15 is 0 Å². The van der Waals surface area contributed by atoms with Gasteiger partial charge in [0.2, 0.25) is 0 Å². The van der Waals surface area contributed by atoms with Crippen molar-refractivity contribution in [3.63, 3.8) is 0 Å². The molecule has 6 nitrogen and oxygen atoms in total. The number of aromatic nitrogens is 1. The summed E-state index contributed by atoms with van der Waals surface area (Å²) in [5, 5.41) is 24.3. The van der Waals surface area contributed by atoms with E-state index in [1.165, 1.54) is 6.07 Å². The van der Waals surface area contributed by atoms with Gasteiger partial charge >= 0.3 is 0 Å². The quantitative estimate of drug-likeness (QED) is 0.442. The number of halogens is 2. The first-order valence-corrected chi connectivity index (χ1v) is 11.5. The molecule has 1 aliphatic rings. The molecule has 0 aliphatic carbocycles. The van der Waals surface area contributed by atoms with E-state index in [4.69, 9.17) is 11.6 Å². The molecule has 178 valence electrons. The Kier molecular flexibility index (Phi) is 6.71. The molecule has 0 radical (unpaired) electrons. The Balaban J connectivity index is 1.72. The standard InChI is InChI=1S/C26H28ClFN4O2/c1-14(19-9-16(13-33)5-7-21(19)28)32-24-20-10-17(6-8-22(20)31-15(2)23(24)27)18-11-29-25(30-12-18)26(3,4)34/h5-11,14,18,33-34H,12-13H2,1-4H3,(H,31,32)/t14-,18+/m1/s1. The van der Waals surface area contributed by atoms with E-state index in [1.807, 2.05) is 32.0 Å². The summed E-state index contributed by atoms with van der Waals surface area (Å²) in [5.74, 6) is -0.00397. The van der Waals surface area contributed by atoms with Gasteiger partial charge in [0, 0.05) is 23.1 Å². The van der Waals surface area contributed by atoms with Crippen LogP contribution in [0.4, 0.5) is 10.1 Å². The minimum Gasteiger partial charge on any atom is -0.392 e. The summed E-state index contributed by atoms with van der Waals surface area (Å²) in [6, 6.07) is 10.1. The third kappa shape index (κ3) is 4.82. The van der Waals surface area contributed by atoms with Crippen LogP contribution >= 0.6 is 11.6 Å². The van der Waals surface area contributed by atoms with Crippen LogP contribution in [0, 0.1) is 12.7 Å². The molecule has 2 atom stereocenters. The van der Waals surface area contributed by atoms with Crippen molar-refractivity contribution < 1.29 is 14.6 Å². The second-order valence-corrected chi connectivity index (χ2v) is 9.53. The van der Waals surface area contributed by atoms with Gasteiger partial charge in [0.25, 0.3) is 0 Å². The van der Waals surface area contributed by atoms with Crippen LogP contribution < -0.4 is 5.32 Å². The average Bonchev–Trinajstić information content (AvgIpc) is 2.81. The van der Waals surface area contributed by atoms with Crippen LogP contribution in [-0.4, -0.2) is 39.4 Å². The largest absolute Gasteiger partial charge is 0.392 e. The molecule has 34 heavy (non-hydrogen) atoms. The van der Waals surface area contributed by atoms with Crippen molar-refractivity contribution in [3.8, 4) is 0 Å². The Bertz CT molecular complexity index is 1300. The number of fused-ring (bicyclic) bond motifs is 1. The monoisotopic (exact) mass is 482 g/mol. The Morgan fingerprint density at radius 3 is 2.65 bits per heavy atom. The van der Waals surface area contributed by atoms with Gasteiger partial charge in [0.1, 0.15) is 11.4 Å². The Morgan fingerprint density at radius 1 is 1.24 bits per heavy atom. The predicted octanol–water partition coefficient (Wildman–Crippen LogP) is 5.34. The molecule has 0 bridgehead atoms. The van der Waals surface area contributed by atoms with Gasteiger partial charge in [0.15, 0.2) is 5.84 Å². The molecule has 2 heterocycles. The van der Waals surface area contributed by atoms with Gasteiger partial charge in [-0.15, -0.1) is 0 Å². The molecule has 0 spiro atoms. The first-order valence-electron chi connectivity index (χ1n) is 11.2. The third-order valence-corrected chi connectivity index (χ3v) is 6.44. The van der Waals surface area contributed by atoms with E-state index in [-0.39, 0.29) is 18.3 Å². The molecule has 0 amide bonds. The highest BCUT2D eigenvalue weighted by Crippen LogP contribution is 2.37. The van der Waals surface area contributed by atoms with Crippen molar-refractivity contribution in [2.45, 2.75) is 51.9 Å². The highest BCUT2D eigenvalue weighted by atomic mass is 35.5. The summed E-state index contributed by atoms with van der Waals surface area (Å²) in [4.78, 5) is 13.4. The van der Waals surface area contributed by atoms with Crippen LogP contribution in [-0.2, 0) is 6.61 Å². The molecule has 2 aromatic carbocycles. The van der Waals surface area contributed by atoms with Crippen molar-refractivity contribution in [3.05, 3.63) is 69.6 Å². The number of amidine groups is 1. The second-order valence-electron chi connectivity index (χ2n) is 9.15. The van der Waals surface area contributed by atoms with Crippen molar-refractivity contribution in [2.75, 3.05) is 11.9 Å². The van der Waals surface area contributed by atoms with Crippen molar-refractivity contribution in [2.24, 2.45) is 9.98 Å². The van der Waals surface area contributed by atoms with E-state index in [0.29, 0.717) is 39.9 Å². The molecule has 0 saturated heterocycles. The third-order valence-electron chi connectivity index (χ3n) is 5.98. The van der Waals surface area contributed by atoms with Crippen LogP contribution in [0.1, 0.15) is 55.1 Å². The maximum Gasteiger partial charge on any atom is 0.154 e. The molecule has 8 heteroatoms. The zero-order valence-corrected chi connectivity index (χ0v) is 20.4. The molecule has 0 unspecified atom stereocenters. The number of nitrogens with one attached hydrogen (secondary N) is 1. The SMILES string of the molecule is Cc1nc2ccc([C@H]3C=NC(C(C)(C)O)=NC3)cc2c(N[C@H](C)c2cc(CO)ccc2F)c1Cl. The lowest BCUT2D eigenvalue weighted by Gasteiger charge is -2.23. The lowest BCUT2D eigenvalue weighted by Crippen LogP contribution is -2.32. The highest BCUT2D eigenvalue weighted by molar-refractivity contribution is 6.35. The van der Waals surface area contributed by atoms with E-state index in [2.05, 4.69) is 20.3 Å². The van der Waals surface area contributed by atoms with Crippen LogP contribution in [0.25, 0.3) is 10.9 Å². The fraction of sp³-hybridized carbons (Fsp3) is 0.346. The molecule has 1 aliphatic heterocycles. The molecular weight excluding hydrogens is 455 g/mol. The first-order chi connectivity index (χ1) is 16.1. The van der Waals surface area contributed by atoms with Crippen molar-refractivity contribution in [1.82, 2.24) is 4.98 Å². The second kappa shape index (κ2) is 9.41. The summed E-state index contributed by atoms with van der Waals surface area (Å²) >= 11 is 6.67. The number of rotatable bonds is 6. The van der Waals surface area contributed by atoms with E-state index < -0.39 is 11.6 Å². The zero-order chi connectivity index (χ0) is 24.6. The normalized spacial score (nSPS) is 17.1. The summed E-state index contributed by atoms with van der Waals surface area (Å²) in [7, 11) is 0. The minimum absolute atomic E-state index is 0.0560. The predicted molar refractivity (Wildman–Crippen MR) is 136 cm³/mol. The van der Waals surface area contributed by atoms with Gasteiger partial charge in [-0.05, 0) is 63.1 Å². The summed E-state index contributed by atoms with van der Waals surface area (Å²) in [6.07, 6.45) is 1.80. The number of aliphatic hydroxyl groups is 2. The van der Waals surface area contributed by atoms with Gasteiger partial charge in [0.05, 0.1) is 41.1 Å². The van der Waals surface area contributed by atoms with Gasteiger partial charge in [-0.3, -0.25) is 9.98 Å². The van der Waals surface area contributed by atoms with Crippen molar-refractivity contribution >= 4 is 40.2 Å². The van der Waals surface area contributed by atoms with Crippen LogP contribution in [0.2, 0.25) is 5.02 Å². The van der Waals surface area contributed by atoms with Crippen LogP contribution in [0.3, 0.4) is 0 Å². The Hall–Kier alpha value is -2.87. The molecule has 3 aromatic rings. The Labute approximate surface area is 203 Å². The molecule has 3 N–H and O–H groups in total. The number of pyridine rings is 1. The van der Waals surface area contributed by atoms with E-state index in [0.717, 1.165) is 16.5 Å². The number of hydrogen-bond donors (Lipinski definition) is 3. The van der Waals surface area contributed by atoms with Crippen LogP contribution in [0.15, 0.2) is 46.4 Å². The van der Waals surface area contributed by atoms with Gasteiger partial charge < -0.3 is 15.5 Å². The van der Waals surface area contributed by atoms with Crippen molar-refractivity contribution in [1.29, 1.82) is 0 Å². The summed E-state index contributed by atoms with van der Waals surface area (Å²) in [6.45, 7) is 7.31. The van der Waals surface area contributed by atoms with Gasteiger partial charge in [-0.25, -0.2) is 9.38 Å². The lowest BCUT2D eigenvalue weighted by atomic mass is 9.96.